The fraction of sp³-hybridized carbons (Fsp3) is 0.200. The molecule has 0 fully saturated rings. The van der Waals surface area contributed by atoms with Crippen LogP contribution in [0.1, 0.15) is 23.7 Å². The molecule has 122 valence electrons. The first-order chi connectivity index (χ1) is 10.8. The molecule has 23 heavy (non-hydrogen) atoms. The fourth-order valence-electron chi connectivity index (χ4n) is 1.73. The summed E-state index contributed by atoms with van der Waals surface area (Å²) in [4.78, 5) is 3.69. The molecule has 1 aromatic heterocycles. The lowest BCUT2D eigenvalue weighted by molar-refractivity contribution is -0.137. The van der Waals surface area contributed by atoms with Crippen molar-refractivity contribution < 1.29 is 23.1 Å². The summed E-state index contributed by atoms with van der Waals surface area (Å²) in [6, 6.07) is 7.47. The maximum Gasteiger partial charge on any atom is 0.417 e. The van der Waals surface area contributed by atoms with Gasteiger partial charge in [-0.15, -0.1) is 0 Å². The van der Waals surface area contributed by atoms with E-state index in [9.17, 15) is 13.2 Å². The van der Waals surface area contributed by atoms with E-state index in [4.69, 9.17) is 21.5 Å². The molecule has 0 aliphatic carbocycles. The highest BCUT2D eigenvalue weighted by molar-refractivity contribution is 6.31. The summed E-state index contributed by atoms with van der Waals surface area (Å²) in [7, 11) is 0. The fourth-order valence-corrected chi connectivity index (χ4v) is 1.95. The number of hydrogen-bond donors (Lipinski definition) is 1. The van der Waals surface area contributed by atoms with E-state index in [1.807, 2.05) is 0 Å². The Bertz CT molecular complexity index is 716. The lowest BCUT2D eigenvalue weighted by atomic mass is 10.1. The van der Waals surface area contributed by atoms with Gasteiger partial charge in [0.1, 0.15) is 12.4 Å². The van der Waals surface area contributed by atoms with Crippen LogP contribution in [0.4, 0.5) is 13.2 Å². The molecule has 8 heteroatoms. The SMILES string of the molecule is C/C(=N/O)c1ccc(OCc2ncc(C(F)(F)F)cc2Cl)cc1. The first-order valence-corrected chi connectivity index (χ1v) is 6.82. The zero-order valence-electron chi connectivity index (χ0n) is 11.9. The summed E-state index contributed by atoms with van der Waals surface area (Å²) in [5, 5.41) is 11.6. The van der Waals surface area contributed by atoms with Crippen LogP contribution in [0.15, 0.2) is 41.7 Å². The second-order valence-electron chi connectivity index (χ2n) is 4.65. The Hall–Kier alpha value is -2.28. The van der Waals surface area contributed by atoms with Gasteiger partial charge >= 0.3 is 6.18 Å². The van der Waals surface area contributed by atoms with Gasteiger partial charge in [0.15, 0.2) is 0 Å². The Balaban J connectivity index is 2.06. The normalized spacial score (nSPS) is 12.3. The van der Waals surface area contributed by atoms with Crippen molar-refractivity contribution in [1.29, 1.82) is 0 Å². The minimum Gasteiger partial charge on any atom is -0.487 e. The van der Waals surface area contributed by atoms with Crippen molar-refractivity contribution in [2.75, 3.05) is 0 Å². The molecule has 0 aliphatic rings. The Morgan fingerprint density at radius 1 is 1.30 bits per heavy atom. The van der Waals surface area contributed by atoms with Gasteiger partial charge < -0.3 is 9.94 Å². The van der Waals surface area contributed by atoms with E-state index in [2.05, 4.69) is 10.1 Å². The van der Waals surface area contributed by atoms with E-state index < -0.39 is 11.7 Å². The topological polar surface area (TPSA) is 54.7 Å². The molecular formula is C15H12ClF3N2O2. The van der Waals surface area contributed by atoms with Crippen molar-refractivity contribution in [2.24, 2.45) is 5.16 Å². The minimum absolute atomic E-state index is 0.0661. The van der Waals surface area contributed by atoms with Crippen molar-refractivity contribution in [1.82, 2.24) is 4.98 Å². The van der Waals surface area contributed by atoms with Gasteiger partial charge in [0.2, 0.25) is 0 Å². The summed E-state index contributed by atoms with van der Waals surface area (Å²) in [6.07, 6.45) is -3.77. The Morgan fingerprint density at radius 2 is 1.96 bits per heavy atom. The predicted molar refractivity (Wildman–Crippen MR) is 79.0 cm³/mol. The number of nitrogens with zero attached hydrogens (tertiary/aromatic N) is 2. The van der Waals surface area contributed by atoms with Gasteiger partial charge in [-0.05, 0) is 42.8 Å². The highest BCUT2D eigenvalue weighted by Crippen LogP contribution is 2.31. The molecule has 0 atom stereocenters. The second kappa shape index (κ2) is 6.87. The molecule has 0 bridgehead atoms. The number of alkyl halides is 3. The molecule has 1 aromatic carbocycles. The third-order valence-corrected chi connectivity index (χ3v) is 3.37. The lowest BCUT2D eigenvalue weighted by Gasteiger charge is -2.10. The molecular weight excluding hydrogens is 333 g/mol. The number of ether oxygens (including phenoxy) is 1. The van der Waals surface area contributed by atoms with E-state index in [0.717, 1.165) is 12.3 Å². The van der Waals surface area contributed by atoms with E-state index >= 15 is 0 Å². The third kappa shape index (κ3) is 4.35. The van der Waals surface area contributed by atoms with Crippen LogP contribution in [0.3, 0.4) is 0 Å². The average Bonchev–Trinajstić information content (AvgIpc) is 2.52. The molecule has 2 aromatic rings. The molecule has 0 unspecified atom stereocenters. The van der Waals surface area contributed by atoms with Gasteiger partial charge in [-0.1, -0.05) is 16.8 Å². The van der Waals surface area contributed by atoms with Crippen LogP contribution in [0.25, 0.3) is 0 Å². The van der Waals surface area contributed by atoms with Crippen LogP contribution in [0, 0.1) is 0 Å². The molecule has 0 spiro atoms. The van der Waals surface area contributed by atoms with Crippen molar-refractivity contribution in [3.05, 3.63) is 58.4 Å². The maximum absolute atomic E-state index is 12.5. The van der Waals surface area contributed by atoms with Crippen LogP contribution in [-0.2, 0) is 12.8 Å². The van der Waals surface area contributed by atoms with Crippen LogP contribution in [-0.4, -0.2) is 15.9 Å². The molecule has 2 rings (SSSR count). The number of oxime groups is 1. The number of hydrogen-bond acceptors (Lipinski definition) is 4. The number of rotatable bonds is 4. The van der Waals surface area contributed by atoms with E-state index in [1.54, 1.807) is 31.2 Å². The number of pyridine rings is 1. The number of benzene rings is 1. The van der Waals surface area contributed by atoms with Crippen molar-refractivity contribution >= 4 is 17.3 Å². The van der Waals surface area contributed by atoms with Gasteiger partial charge in [-0.2, -0.15) is 13.2 Å². The van der Waals surface area contributed by atoms with Crippen molar-refractivity contribution in [3.8, 4) is 5.75 Å². The van der Waals surface area contributed by atoms with E-state index in [1.165, 1.54) is 0 Å². The van der Waals surface area contributed by atoms with E-state index in [0.29, 0.717) is 17.0 Å². The number of halogens is 4. The standard InChI is InChI=1S/C15H12ClF3N2O2/c1-9(21-22)10-2-4-12(5-3-10)23-8-14-13(16)6-11(7-20-14)15(17,18)19/h2-7,22H,8H2,1H3/b21-9-. The molecule has 1 N–H and O–H groups in total. The minimum atomic E-state index is -4.49. The average molecular weight is 345 g/mol. The summed E-state index contributed by atoms with van der Waals surface area (Å²) in [5.74, 6) is 0.484. The van der Waals surface area contributed by atoms with Crippen LogP contribution < -0.4 is 4.74 Å². The largest absolute Gasteiger partial charge is 0.487 e. The zero-order valence-corrected chi connectivity index (χ0v) is 12.7. The van der Waals surface area contributed by atoms with Gasteiger partial charge in [0.05, 0.1) is 22.0 Å². The monoisotopic (exact) mass is 344 g/mol. The molecule has 0 saturated heterocycles. The Kier molecular flexibility index (Phi) is 5.10. The highest BCUT2D eigenvalue weighted by atomic mass is 35.5. The zero-order chi connectivity index (χ0) is 17.0. The van der Waals surface area contributed by atoms with E-state index in [-0.39, 0.29) is 17.3 Å². The smallest absolute Gasteiger partial charge is 0.417 e. The molecule has 4 nitrogen and oxygen atoms in total. The molecule has 0 amide bonds. The third-order valence-electron chi connectivity index (χ3n) is 3.04. The molecule has 0 aliphatic heterocycles. The molecule has 0 radical (unpaired) electrons. The molecule has 0 saturated carbocycles. The Labute approximate surface area is 135 Å². The predicted octanol–water partition coefficient (Wildman–Crippen LogP) is 4.53. The van der Waals surface area contributed by atoms with Crippen LogP contribution in [0.2, 0.25) is 5.02 Å². The van der Waals surface area contributed by atoms with Crippen LogP contribution in [0.5, 0.6) is 5.75 Å². The highest BCUT2D eigenvalue weighted by Gasteiger charge is 2.31. The first kappa shape index (κ1) is 17.1. The quantitative estimate of drug-likeness (QED) is 0.503. The van der Waals surface area contributed by atoms with Gasteiger partial charge in [0, 0.05) is 6.20 Å². The van der Waals surface area contributed by atoms with Crippen molar-refractivity contribution in [2.45, 2.75) is 19.7 Å². The van der Waals surface area contributed by atoms with Gasteiger partial charge in [-0.25, -0.2) is 0 Å². The first-order valence-electron chi connectivity index (χ1n) is 6.45. The summed E-state index contributed by atoms with van der Waals surface area (Å²) >= 11 is 5.80. The van der Waals surface area contributed by atoms with Crippen molar-refractivity contribution in [3.63, 3.8) is 0 Å². The lowest BCUT2D eigenvalue weighted by Crippen LogP contribution is -2.07. The summed E-state index contributed by atoms with van der Waals surface area (Å²) < 4.78 is 43.0. The Morgan fingerprint density at radius 3 is 2.48 bits per heavy atom. The maximum atomic E-state index is 12.5. The van der Waals surface area contributed by atoms with Gasteiger partial charge in [-0.3, -0.25) is 4.98 Å². The number of aromatic nitrogens is 1. The second-order valence-corrected chi connectivity index (χ2v) is 5.06. The summed E-state index contributed by atoms with van der Waals surface area (Å²) in [5.41, 5.74) is 0.459. The van der Waals surface area contributed by atoms with Gasteiger partial charge in [0.25, 0.3) is 0 Å². The van der Waals surface area contributed by atoms with Crippen LogP contribution >= 0.6 is 11.6 Å². The molecule has 1 heterocycles. The summed E-state index contributed by atoms with van der Waals surface area (Å²) in [6.45, 7) is 1.57.